The molecule has 13 heavy (non-hydrogen) atoms. The van der Waals surface area contributed by atoms with Crippen molar-refractivity contribution in [3.8, 4) is 0 Å². The second kappa shape index (κ2) is 2.74. The lowest BCUT2D eigenvalue weighted by Crippen LogP contribution is -2.61. The van der Waals surface area contributed by atoms with Gasteiger partial charge in [-0.2, -0.15) is 0 Å². The van der Waals surface area contributed by atoms with Gasteiger partial charge in [-0.05, 0) is 18.5 Å². The maximum Gasteiger partial charge on any atom is 0.267 e. The monoisotopic (exact) mass is 199 g/mol. The lowest BCUT2D eigenvalue weighted by molar-refractivity contribution is -0.0667. The van der Waals surface area contributed by atoms with Gasteiger partial charge in [0.25, 0.3) is 5.91 Å². The summed E-state index contributed by atoms with van der Waals surface area (Å²) in [6.07, 6.45) is 1.44. The minimum atomic E-state index is -0.715. The summed E-state index contributed by atoms with van der Waals surface area (Å²) >= 11 is 1.07. The van der Waals surface area contributed by atoms with Crippen molar-refractivity contribution in [2.75, 3.05) is 13.1 Å². The molecule has 1 saturated heterocycles. The molecule has 1 amide bonds. The number of hydrogen-bond acceptors (Lipinski definition) is 5. The highest BCUT2D eigenvalue weighted by Crippen LogP contribution is 2.22. The topological polar surface area (TPSA) is 66.3 Å². The molecule has 0 saturated carbocycles. The van der Waals surface area contributed by atoms with Crippen LogP contribution in [0.2, 0.25) is 0 Å². The highest BCUT2D eigenvalue weighted by molar-refractivity contribution is 7.07. The van der Waals surface area contributed by atoms with E-state index in [1.165, 1.54) is 6.20 Å². The first-order valence-corrected chi connectivity index (χ1v) is 4.65. The first kappa shape index (κ1) is 8.58. The van der Waals surface area contributed by atoms with Crippen molar-refractivity contribution in [1.29, 1.82) is 0 Å². The van der Waals surface area contributed by atoms with Crippen molar-refractivity contribution in [3.05, 3.63) is 11.1 Å². The molecule has 2 heterocycles. The summed E-state index contributed by atoms with van der Waals surface area (Å²) in [5.74, 6) is -0.0958. The Kier molecular flexibility index (Phi) is 1.81. The van der Waals surface area contributed by atoms with Crippen molar-refractivity contribution in [2.24, 2.45) is 0 Å². The van der Waals surface area contributed by atoms with Crippen LogP contribution in [0.25, 0.3) is 0 Å². The van der Waals surface area contributed by atoms with E-state index in [0.29, 0.717) is 18.0 Å². The number of β-amino-alcohol motifs (C(OH)–C–C–N with tert-alkyl or cyclic N) is 1. The summed E-state index contributed by atoms with van der Waals surface area (Å²) < 4.78 is 3.60. The fourth-order valence-corrected chi connectivity index (χ4v) is 1.82. The molecule has 1 aliphatic rings. The molecular weight excluding hydrogens is 190 g/mol. The smallest absolute Gasteiger partial charge is 0.267 e. The zero-order valence-electron chi connectivity index (χ0n) is 7.10. The number of aliphatic hydroxyl groups is 1. The van der Waals surface area contributed by atoms with Gasteiger partial charge in [-0.1, -0.05) is 4.49 Å². The molecule has 0 spiro atoms. The lowest BCUT2D eigenvalue weighted by Gasteiger charge is -2.43. The first-order chi connectivity index (χ1) is 6.08. The van der Waals surface area contributed by atoms with E-state index in [9.17, 15) is 9.90 Å². The van der Waals surface area contributed by atoms with Gasteiger partial charge in [-0.25, -0.2) is 0 Å². The van der Waals surface area contributed by atoms with E-state index in [1.54, 1.807) is 11.8 Å². The average molecular weight is 199 g/mol. The highest BCUT2D eigenvalue weighted by Gasteiger charge is 2.40. The maximum absolute atomic E-state index is 11.5. The van der Waals surface area contributed by atoms with Gasteiger partial charge in [0.1, 0.15) is 4.88 Å². The van der Waals surface area contributed by atoms with Crippen molar-refractivity contribution in [1.82, 2.24) is 14.5 Å². The molecule has 1 fully saturated rings. The predicted octanol–water partition coefficient (Wildman–Crippen LogP) is -0.255. The summed E-state index contributed by atoms with van der Waals surface area (Å²) in [5, 5.41) is 13.0. The summed E-state index contributed by atoms with van der Waals surface area (Å²) in [7, 11) is 0. The molecule has 0 atom stereocenters. The van der Waals surface area contributed by atoms with Gasteiger partial charge < -0.3 is 10.0 Å². The highest BCUT2D eigenvalue weighted by atomic mass is 32.1. The van der Waals surface area contributed by atoms with Crippen LogP contribution in [0, 0.1) is 0 Å². The minimum Gasteiger partial charge on any atom is -0.386 e. The second-order valence-corrected chi connectivity index (χ2v) is 4.23. The molecule has 0 unspecified atom stereocenters. The fraction of sp³-hybridized carbons (Fsp3) is 0.571. The molecule has 0 radical (unpaired) electrons. The van der Waals surface area contributed by atoms with E-state index in [1.807, 2.05) is 0 Å². The Morgan fingerprint density at radius 2 is 2.46 bits per heavy atom. The first-order valence-electron chi connectivity index (χ1n) is 3.87. The number of likely N-dealkylation sites (tertiary alicyclic amines) is 1. The number of aromatic nitrogens is 2. The lowest BCUT2D eigenvalue weighted by atomic mass is 9.97. The molecule has 0 bridgehead atoms. The Balaban J connectivity index is 2.02. The SMILES string of the molecule is CC1(O)CN(C(=O)c2cnns2)C1. The van der Waals surface area contributed by atoms with Crippen LogP contribution in [0.15, 0.2) is 6.20 Å². The van der Waals surface area contributed by atoms with Gasteiger partial charge in [-0.3, -0.25) is 4.79 Å². The summed E-state index contributed by atoms with van der Waals surface area (Å²) in [6, 6.07) is 0. The largest absolute Gasteiger partial charge is 0.386 e. The van der Waals surface area contributed by atoms with Gasteiger partial charge in [-0.15, -0.1) is 5.10 Å². The van der Waals surface area contributed by atoms with Gasteiger partial charge in [0, 0.05) is 0 Å². The molecule has 6 heteroatoms. The van der Waals surface area contributed by atoms with Gasteiger partial charge in [0.2, 0.25) is 0 Å². The molecule has 1 aliphatic heterocycles. The molecule has 5 nitrogen and oxygen atoms in total. The molecule has 2 rings (SSSR count). The van der Waals surface area contributed by atoms with E-state index < -0.39 is 5.60 Å². The number of nitrogens with zero attached hydrogens (tertiary/aromatic N) is 3. The molecule has 70 valence electrons. The molecule has 0 aliphatic carbocycles. The van der Waals surface area contributed by atoms with Crippen molar-refractivity contribution in [2.45, 2.75) is 12.5 Å². The standard InChI is InChI=1S/C7H9N3O2S/c1-7(12)3-10(4-7)6(11)5-2-8-9-13-5/h2,12H,3-4H2,1H3. The zero-order chi connectivity index (χ0) is 9.47. The fourth-order valence-electron chi connectivity index (χ4n) is 1.34. The van der Waals surface area contributed by atoms with Crippen LogP contribution in [0.3, 0.4) is 0 Å². The van der Waals surface area contributed by atoms with E-state index in [0.717, 1.165) is 11.5 Å². The number of carbonyl (C=O) groups excluding carboxylic acids is 1. The zero-order valence-corrected chi connectivity index (χ0v) is 7.91. The van der Waals surface area contributed by atoms with Crippen LogP contribution < -0.4 is 0 Å². The van der Waals surface area contributed by atoms with Gasteiger partial charge >= 0.3 is 0 Å². The van der Waals surface area contributed by atoms with Crippen LogP contribution in [0.1, 0.15) is 16.6 Å². The van der Waals surface area contributed by atoms with Gasteiger partial charge in [0.05, 0.1) is 24.9 Å². The molecule has 1 aromatic heterocycles. The maximum atomic E-state index is 11.5. The number of carbonyl (C=O) groups is 1. The number of rotatable bonds is 1. The molecular formula is C7H9N3O2S. The van der Waals surface area contributed by atoms with E-state index in [-0.39, 0.29) is 5.91 Å². The summed E-state index contributed by atoms with van der Waals surface area (Å²) in [5.41, 5.74) is -0.715. The quantitative estimate of drug-likeness (QED) is 0.677. The van der Waals surface area contributed by atoms with E-state index >= 15 is 0 Å². The number of amides is 1. The predicted molar refractivity (Wildman–Crippen MR) is 46.4 cm³/mol. The van der Waals surface area contributed by atoms with Crippen molar-refractivity contribution >= 4 is 17.4 Å². The third-order valence-electron chi connectivity index (χ3n) is 1.92. The number of hydrogen-bond donors (Lipinski definition) is 1. The second-order valence-electron chi connectivity index (χ2n) is 3.44. The third-order valence-corrected chi connectivity index (χ3v) is 2.57. The van der Waals surface area contributed by atoms with Crippen LogP contribution in [0.4, 0.5) is 0 Å². The van der Waals surface area contributed by atoms with Crippen molar-refractivity contribution < 1.29 is 9.90 Å². The molecule has 1 aromatic rings. The Labute approximate surface area is 79.2 Å². The van der Waals surface area contributed by atoms with Crippen LogP contribution in [-0.2, 0) is 0 Å². The molecule has 1 N–H and O–H groups in total. The van der Waals surface area contributed by atoms with Crippen LogP contribution >= 0.6 is 11.5 Å². The minimum absolute atomic E-state index is 0.0958. The Bertz CT molecular complexity index is 314. The average Bonchev–Trinajstić information content (AvgIpc) is 2.50. The molecule has 0 aromatic carbocycles. The van der Waals surface area contributed by atoms with E-state index in [4.69, 9.17) is 0 Å². The van der Waals surface area contributed by atoms with Crippen LogP contribution in [0.5, 0.6) is 0 Å². The van der Waals surface area contributed by atoms with Crippen molar-refractivity contribution in [3.63, 3.8) is 0 Å². The summed E-state index contributed by atoms with van der Waals surface area (Å²) in [4.78, 5) is 13.6. The Morgan fingerprint density at radius 3 is 2.92 bits per heavy atom. The summed E-state index contributed by atoms with van der Waals surface area (Å²) in [6.45, 7) is 2.50. The van der Waals surface area contributed by atoms with Gasteiger partial charge in [0.15, 0.2) is 0 Å². The Hall–Kier alpha value is -1.01. The normalized spacial score (nSPS) is 19.7. The van der Waals surface area contributed by atoms with Crippen LogP contribution in [-0.4, -0.2) is 44.2 Å². The Morgan fingerprint density at radius 1 is 1.77 bits per heavy atom. The van der Waals surface area contributed by atoms with E-state index in [2.05, 4.69) is 9.59 Å². The third kappa shape index (κ3) is 1.54.